The van der Waals surface area contributed by atoms with Gasteiger partial charge in [-0.15, -0.1) is 0 Å². The van der Waals surface area contributed by atoms with Crippen molar-refractivity contribution < 1.29 is 32.4 Å². The molecule has 0 heterocycles. The number of carbonyl (C=O) groups is 1. The molecule has 0 saturated carbocycles. The van der Waals surface area contributed by atoms with Crippen molar-refractivity contribution in [3.63, 3.8) is 0 Å². The highest BCUT2D eigenvalue weighted by Crippen LogP contribution is 2.37. The molecular formula is C21H13ClF3NO5. The standard InChI is InChI=1S/C21H13ClF3NO5/c22-17-10-14(21(23,24)25)6-9-19(17)31-15-7-8-18(26(28)29)16(11-15)20(27)30-12-13-4-2-1-3-5-13/h1-11H,12H2. The van der Waals surface area contributed by atoms with Gasteiger partial charge in [-0.2, -0.15) is 13.2 Å². The third-order valence-corrected chi connectivity index (χ3v) is 4.38. The Bertz CT molecular complexity index is 1120. The second-order valence-corrected chi connectivity index (χ2v) is 6.65. The number of hydrogen-bond acceptors (Lipinski definition) is 5. The number of hydrogen-bond donors (Lipinski definition) is 0. The van der Waals surface area contributed by atoms with Crippen molar-refractivity contribution in [1.82, 2.24) is 0 Å². The molecule has 0 amide bonds. The summed E-state index contributed by atoms with van der Waals surface area (Å²) in [5, 5.41) is 11.0. The maximum Gasteiger partial charge on any atom is 0.416 e. The quantitative estimate of drug-likeness (QED) is 0.245. The smallest absolute Gasteiger partial charge is 0.416 e. The molecule has 3 rings (SSSR count). The lowest BCUT2D eigenvalue weighted by Crippen LogP contribution is -2.08. The zero-order valence-corrected chi connectivity index (χ0v) is 16.3. The highest BCUT2D eigenvalue weighted by Gasteiger charge is 2.31. The maximum atomic E-state index is 12.8. The molecule has 0 aliphatic rings. The van der Waals surface area contributed by atoms with E-state index in [1.165, 1.54) is 6.07 Å². The number of alkyl halides is 3. The second-order valence-electron chi connectivity index (χ2n) is 6.24. The van der Waals surface area contributed by atoms with Gasteiger partial charge in [-0.25, -0.2) is 4.79 Å². The van der Waals surface area contributed by atoms with E-state index in [0.717, 1.165) is 24.3 Å². The fourth-order valence-corrected chi connectivity index (χ4v) is 2.81. The zero-order chi connectivity index (χ0) is 22.6. The van der Waals surface area contributed by atoms with E-state index >= 15 is 0 Å². The SMILES string of the molecule is O=C(OCc1ccccc1)c1cc(Oc2ccc(C(F)(F)F)cc2Cl)ccc1[N+](=O)[O-]. The topological polar surface area (TPSA) is 78.7 Å². The van der Waals surface area contributed by atoms with E-state index in [2.05, 4.69) is 0 Å². The molecule has 0 N–H and O–H groups in total. The molecule has 3 aromatic rings. The third-order valence-electron chi connectivity index (χ3n) is 4.08. The first-order chi connectivity index (χ1) is 14.6. The number of carbonyl (C=O) groups excluding carboxylic acids is 1. The van der Waals surface area contributed by atoms with E-state index in [1.807, 2.05) is 0 Å². The van der Waals surface area contributed by atoms with Gasteiger partial charge in [-0.3, -0.25) is 10.1 Å². The number of halogens is 4. The molecule has 160 valence electrons. The summed E-state index contributed by atoms with van der Waals surface area (Å²) in [7, 11) is 0. The predicted molar refractivity (Wildman–Crippen MR) is 105 cm³/mol. The monoisotopic (exact) mass is 451 g/mol. The zero-order valence-electron chi connectivity index (χ0n) is 15.6. The number of nitro groups is 1. The van der Waals surface area contributed by atoms with Gasteiger partial charge >= 0.3 is 12.1 Å². The summed E-state index contributed by atoms with van der Waals surface area (Å²) in [6, 6.07) is 14.5. The van der Waals surface area contributed by atoms with Crippen molar-refractivity contribution >= 4 is 23.3 Å². The average molecular weight is 452 g/mol. The Morgan fingerprint density at radius 1 is 1.03 bits per heavy atom. The van der Waals surface area contributed by atoms with Crippen LogP contribution in [0.1, 0.15) is 21.5 Å². The molecule has 0 aliphatic heterocycles. The summed E-state index contributed by atoms with van der Waals surface area (Å²) >= 11 is 5.86. The molecular weight excluding hydrogens is 439 g/mol. The Labute approximate surface area is 178 Å². The van der Waals surface area contributed by atoms with Gasteiger partial charge in [0.1, 0.15) is 23.7 Å². The Morgan fingerprint density at radius 2 is 1.74 bits per heavy atom. The Hall–Kier alpha value is -3.59. The van der Waals surface area contributed by atoms with E-state index in [1.54, 1.807) is 30.3 Å². The van der Waals surface area contributed by atoms with Gasteiger partial charge in [0.2, 0.25) is 0 Å². The fraction of sp³-hybridized carbons (Fsp3) is 0.0952. The fourth-order valence-electron chi connectivity index (χ4n) is 2.59. The number of nitrogens with zero attached hydrogens (tertiary/aromatic N) is 1. The molecule has 10 heteroatoms. The molecule has 31 heavy (non-hydrogen) atoms. The summed E-state index contributed by atoms with van der Waals surface area (Å²) in [5.41, 5.74) is -1.16. The van der Waals surface area contributed by atoms with Crippen LogP contribution in [0.5, 0.6) is 11.5 Å². The summed E-state index contributed by atoms with van der Waals surface area (Å²) in [5.74, 6) is -1.12. The van der Waals surface area contributed by atoms with Crippen LogP contribution in [0.25, 0.3) is 0 Å². The Balaban J connectivity index is 1.84. The maximum absolute atomic E-state index is 12.8. The van der Waals surface area contributed by atoms with Gasteiger partial charge in [0.25, 0.3) is 5.69 Å². The molecule has 0 fully saturated rings. The number of rotatable bonds is 6. The van der Waals surface area contributed by atoms with Crippen LogP contribution in [-0.2, 0) is 17.5 Å². The van der Waals surface area contributed by atoms with Crippen molar-refractivity contribution in [3.05, 3.63) is 98.6 Å². The largest absolute Gasteiger partial charge is 0.457 e. The summed E-state index contributed by atoms with van der Waals surface area (Å²) in [6.45, 7) is -0.105. The lowest BCUT2D eigenvalue weighted by atomic mass is 10.1. The summed E-state index contributed by atoms with van der Waals surface area (Å²) < 4.78 is 48.9. The molecule has 0 atom stereocenters. The highest BCUT2D eigenvalue weighted by molar-refractivity contribution is 6.32. The first-order valence-electron chi connectivity index (χ1n) is 8.69. The first-order valence-corrected chi connectivity index (χ1v) is 9.07. The van der Waals surface area contributed by atoms with Crippen LogP contribution < -0.4 is 4.74 Å². The van der Waals surface area contributed by atoms with E-state index in [4.69, 9.17) is 21.1 Å². The van der Waals surface area contributed by atoms with E-state index in [-0.39, 0.29) is 28.7 Å². The molecule has 0 saturated heterocycles. The minimum absolute atomic E-state index is 0.0427. The highest BCUT2D eigenvalue weighted by atomic mass is 35.5. The summed E-state index contributed by atoms with van der Waals surface area (Å²) in [4.78, 5) is 23.0. The minimum Gasteiger partial charge on any atom is -0.457 e. The molecule has 6 nitrogen and oxygen atoms in total. The minimum atomic E-state index is -4.58. The number of nitro benzene ring substituents is 1. The lowest BCUT2D eigenvalue weighted by Gasteiger charge is -2.12. The third kappa shape index (κ3) is 5.52. The van der Waals surface area contributed by atoms with Crippen molar-refractivity contribution in [2.45, 2.75) is 12.8 Å². The van der Waals surface area contributed by atoms with Crippen molar-refractivity contribution in [3.8, 4) is 11.5 Å². The second kappa shape index (κ2) is 9.05. The molecule has 3 aromatic carbocycles. The predicted octanol–water partition coefficient (Wildman–Crippen LogP) is 6.42. The normalized spacial score (nSPS) is 11.1. The van der Waals surface area contributed by atoms with Gasteiger partial charge in [-0.05, 0) is 29.8 Å². The van der Waals surface area contributed by atoms with Crippen molar-refractivity contribution in [1.29, 1.82) is 0 Å². The van der Waals surface area contributed by atoms with Crippen LogP contribution in [-0.4, -0.2) is 10.9 Å². The van der Waals surface area contributed by atoms with E-state index < -0.39 is 28.3 Å². The molecule has 0 radical (unpaired) electrons. The Morgan fingerprint density at radius 3 is 2.35 bits per heavy atom. The molecule has 0 aliphatic carbocycles. The number of esters is 1. The number of ether oxygens (including phenoxy) is 2. The average Bonchev–Trinajstić information content (AvgIpc) is 2.73. The van der Waals surface area contributed by atoms with Gasteiger partial charge in [0.05, 0.1) is 15.5 Å². The molecule has 0 unspecified atom stereocenters. The van der Waals surface area contributed by atoms with Gasteiger partial charge in [0.15, 0.2) is 0 Å². The van der Waals surface area contributed by atoms with E-state index in [9.17, 15) is 28.1 Å². The molecule has 0 aromatic heterocycles. The van der Waals surface area contributed by atoms with Crippen LogP contribution >= 0.6 is 11.6 Å². The van der Waals surface area contributed by atoms with Crippen LogP contribution in [0.2, 0.25) is 5.02 Å². The number of benzene rings is 3. The van der Waals surface area contributed by atoms with Crippen molar-refractivity contribution in [2.24, 2.45) is 0 Å². The van der Waals surface area contributed by atoms with E-state index in [0.29, 0.717) is 11.6 Å². The van der Waals surface area contributed by atoms with Crippen molar-refractivity contribution in [2.75, 3.05) is 0 Å². The van der Waals surface area contributed by atoms with Crippen LogP contribution in [0.3, 0.4) is 0 Å². The molecule has 0 bridgehead atoms. The van der Waals surface area contributed by atoms with Crippen LogP contribution in [0, 0.1) is 10.1 Å². The van der Waals surface area contributed by atoms with Gasteiger partial charge in [0, 0.05) is 12.1 Å². The first kappa shape index (κ1) is 22.1. The summed E-state index contributed by atoms with van der Waals surface area (Å²) in [6.07, 6.45) is -4.58. The lowest BCUT2D eigenvalue weighted by molar-refractivity contribution is -0.385. The van der Waals surface area contributed by atoms with Crippen LogP contribution in [0.15, 0.2) is 66.7 Å². The molecule has 0 spiro atoms. The van der Waals surface area contributed by atoms with Crippen LogP contribution in [0.4, 0.5) is 18.9 Å². The van der Waals surface area contributed by atoms with Gasteiger partial charge < -0.3 is 9.47 Å². The Kier molecular flexibility index (Phi) is 6.45. The van der Waals surface area contributed by atoms with Gasteiger partial charge in [-0.1, -0.05) is 41.9 Å².